The molecule has 2 rings (SSSR count). The van der Waals surface area contributed by atoms with Gasteiger partial charge in [-0.2, -0.15) is 0 Å². The van der Waals surface area contributed by atoms with E-state index in [1.165, 1.54) is 0 Å². The maximum Gasteiger partial charge on any atom is 0.129 e. The number of phenols is 2. The van der Waals surface area contributed by atoms with Crippen molar-refractivity contribution in [3.8, 4) is 17.2 Å². The number of rotatable bonds is 3. The molecule has 0 saturated carbocycles. The third-order valence-corrected chi connectivity index (χ3v) is 2.57. The molecule has 0 bridgehead atoms. The first-order valence-electron chi connectivity index (χ1n) is 5.53. The summed E-state index contributed by atoms with van der Waals surface area (Å²) >= 11 is 0. The molecule has 92 valence electrons. The van der Waals surface area contributed by atoms with E-state index in [-0.39, 0.29) is 11.5 Å². The maximum atomic E-state index is 9.35. The molecule has 0 heterocycles. The Bertz CT molecular complexity index is 556. The van der Waals surface area contributed by atoms with Crippen LogP contribution in [0.2, 0.25) is 0 Å². The molecule has 2 N–H and O–H groups in total. The highest BCUT2D eigenvalue weighted by molar-refractivity contribution is 5.73. The van der Waals surface area contributed by atoms with E-state index in [0.29, 0.717) is 5.75 Å². The summed E-state index contributed by atoms with van der Waals surface area (Å²) in [6.45, 7) is 0. The first-order valence-corrected chi connectivity index (χ1v) is 5.53. The van der Waals surface area contributed by atoms with Crippen LogP contribution < -0.4 is 4.74 Å². The normalized spacial score (nSPS) is 10.7. The molecule has 0 aliphatic rings. The number of hydrogen-bond acceptors (Lipinski definition) is 3. The largest absolute Gasteiger partial charge is 0.508 e. The van der Waals surface area contributed by atoms with Crippen molar-refractivity contribution in [1.82, 2.24) is 0 Å². The molecule has 0 unspecified atom stereocenters. The minimum atomic E-state index is 0.175. The molecule has 0 amide bonds. The zero-order valence-electron chi connectivity index (χ0n) is 10.00. The fraction of sp³-hybridized carbons (Fsp3) is 0.0667. The Labute approximate surface area is 106 Å². The number of methoxy groups -OCH3 is 1. The molecule has 0 aliphatic carbocycles. The lowest BCUT2D eigenvalue weighted by molar-refractivity contribution is 0.407. The standard InChI is InChI=1S/C15H14O3/c1-18-15-10-14(17)9-6-12(15)5-2-11-3-7-13(16)8-4-11/h2-10,16-17H,1H3/b5-2+. The number of benzene rings is 2. The summed E-state index contributed by atoms with van der Waals surface area (Å²) in [6.07, 6.45) is 3.80. The number of phenolic OH excluding ortho intramolecular Hbond substituents is 2. The number of ether oxygens (including phenoxy) is 1. The van der Waals surface area contributed by atoms with Crippen LogP contribution in [0.25, 0.3) is 12.2 Å². The predicted octanol–water partition coefficient (Wildman–Crippen LogP) is 3.28. The number of aromatic hydroxyl groups is 2. The van der Waals surface area contributed by atoms with Crippen molar-refractivity contribution in [2.75, 3.05) is 7.11 Å². The van der Waals surface area contributed by atoms with Gasteiger partial charge in [0.15, 0.2) is 0 Å². The molecular weight excluding hydrogens is 228 g/mol. The van der Waals surface area contributed by atoms with Crippen LogP contribution in [0.4, 0.5) is 0 Å². The highest BCUT2D eigenvalue weighted by atomic mass is 16.5. The zero-order chi connectivity index (χ0) is 13.0. The van der Waals surface area contributed by atoms with E-state index >= 15 is 0 Å². The second-order valence-electron chi connectivity index (χ2n) is 3.85. The van der Waals surface area contributed by atoms with Crippen LogP contribution in [0.5, 0.6) is 17.2 Å². The first-order chi connectivity index (χ1) is 8.69. The first kappa shape index (κ1) is 12.0. The monoisotopic (exact) mass is 242 g/mol. The lowest BCUT2D eigenvalue weighted by Crippen LogP contribution is -1.86. The molecule has 0 aromatic heterocycles. The maximum absolute atomic E-state index is 9.35. The summed E-state index contributed by atoms with van der Waals surface area (Å²) in [4.78, 5) is 0. The summed E-state index contributed by atoms with van der Waals surface area (Å²) in [5.41, 5.74) is 1.85. The van der Waals surface area contributed by atoms with E-state index in [9.17, 15) is 10.2 Å². The summed E-state index contributed by atoms with van der Waals surface area (Å²) < 4.78 is 5.18. The van der Waals surface area contributed by atoms with Crippen molar-refractivity contribution >= 4 is 12.2 Å². The lowest BCUT2D eigenvalue weighted by Gasteiger charge is -2.04. The molecule has 0 atom stereocenters. The second kappa shape index (κ2) is 5.27. The Morgan fingerprint density at radius 2 is 1.56 bits per heavy atom. The Balaban J connectivity index is 2.25. The molecule has 0 radical (unpaired) electrons. The van der Waals surface area contributed by atoms with E-state index in [4.69, 9.17) is 4.74 Å². The van der Waals surface area contributed by atoms with Gasteiger partial charge in [-0.05, 0) is 29.8 Å². The molecule has 0 spiro atoms. The summed E-state index contributed by atoms with van der Waals surface area (Å²) in [5.74, 6) is 1.04. The third-order valence-electron chi connectivity index (χ3n) is 2.57. The van der Waals surface area contributed by atoms with Crippen molar-refractivity contribution in [2.24, 2.45) is 0 Å². The summed E-state index contributed by atoms with van der Waals surface area (Å²) in [5, 5.41) is 18.5. The summed E-state index contributed by atoms with van der Waals surface area (Å²) in [6, 6.07) is 11.9. The van der Waals surface area contributed by atoms with Crippen molar-refractivity contribution in [2.45, 2.75) is 0 Å². The van der Waals surface area contributed by atoms with Crippen LogP contribution in [0.15, 0.2) is 42.5 Å². The second-order valence-corrected chi connectivity index (χ2v) is 3.85. The Morgan fingerprint density at radius 3 is 2.22 bits per heavy atom. The van der Waals surface area contributed by atoms with Gasteiger partial charge in [0.25, 0.3) is 0 Å². The Hall–Kier alpha value is -2.42. The average molecular weight is 242 g/mol. The molecule has 3 nitrogen and oxygen atoms in total. The van der Waals surface area contributed by atoms with E-state index in [2.05, 4.69) is 0 Å². The average Bonchev–Trinajstić information content (AvgIpc) is 2.39. The van der Waals surface area contributed by atoms with Crippen molar-refractivity contribution < 1.29 is 14.9 Å². The molecule has 0 aliphatic heterocycles. The van der Waals surface area contributed by atoms with Crippen LogP contribution >= 0.6 is 0 Å². The van der Waals surface area contributed by atoms with Gasteiger partial charge in [-0.15, -0.1) is 0 Å². The van der Waals surface area contributed by atoms with E-state index in [1.807, 2.05) is 24.3 Å². The molecule has 3 heteroatoms. The van der Waals surface area contributed by atoms with Gasteiger partial charge in [-0.1, -0.05) is 24.3 Å². The SMILES string of the molecule is COc1cc(O)ccc1/C=C/c1ccc(O)cc1. The van der Waals surface area contributed by atoms with Crippen LogP contribution in [-0.2, 0) is 0 Å². The highest BCUT2D eigenvalue weighted by Crippen LogP contribution is 2.25. The third kappa shape index (κ3) is 2.83. The van der Waals surface area contributed by atoms with Gasteiger partial charge < -0.3 is 14.9 Å². The van der Waals surface area contributed by atoms with Gasteiger partial charge in [0.1, 0.15) is 17.2 Å². The van der Waals surface area contributed by atoms with Crippen LogP contribution in [-0.4, -0.2) is 17.3 Å². The zero-order valence-corrected chi connectivity index (χ0v) is 10.00. The minimum Gasteiger partial charge on any atom is -0.508 e. The fourth-order valence-corrected chi connectivity index (χ4v) is 1.61. The van der Waals surface area contributed by atoms with Crippen molar-refractivity contribution in [3.63, 3.8) is 0 Å². The van der Waals surface area contributed by atoms with Gasteiger partial charge in [-0.3, -0.25) is 0 Å². The predicted molar refractivity (Wildman–Crippen MR) is 71.7 cm³/mol. The van der Waals surface area contributed by atoms with Crippen LogP contribution in [0.3, 0.4) is 0 Å². The van der Waals surface area contributed by atoms with Gasteiger partial charge in [-0.25, -0.2) is 0 Å². The molecule has 0 fully saturated rings. The lowest BCUT2D eigenvalue weighted by atomic mass is 10.1. The van der Waals surface area contributed by atoms with Crippen molar-refractivity contribution in [3.05, 3.63) is 53.6 Å². The fourth-order valence-electron chi connectivity index (χ4n) is 1.61. The molecule has 2 aromatic rings. The Morgan fingerprint density at radius 1 is 0.889 bits per heavy atom. The van der Waals surface area contributed by atoms with Gasteiger partial charge >= 0.3 is 0 Å². The molecular formula is C15H14O3. The highest BCUT2D eigenvalue weighted by Gasteiger charge is 2.00. The smallest absolute Gasteiger partial charge is 0.129 e. The topological polar surface area (TPSA) is 49.7 Å². The minimum absolute atomic E-state index is 0.175. The van der Waals surface area contributed by atoms with E-state index in [0.717, 1.165) is 11.1 Å². The van der Waals surface area contributed by atoms with E-state index in [1.54, 1.807) is 37.4 Å². The van der Waals surface area contributed by atoms with Crippen molar-refractivity contribution in [1.29, 1.82) is 0 Å². The van der Waals surface area contributed by atoms with Gasteiger partial charge in [0.05, 0.1) is 7.11 Å². The number of hydrogen-bond donors (Lipinski definition) is 2. The molecule has 2 aromatic carbocycles. The Kier molecular flexibility index (Phi) is 3.53. The van der Waals surface area contributed by atoms with Gasteiger partial charge in [0.2, 0.25) is 0 Å². The van der Waals surface area contributed by atoms with Crippen LogP contribution in [0, 0.1) is 0 Å². The molecule has 18 heavy (non-hydrogen) atoms. The van der Waals surface area contributed by atoms with Gasteiger partial charge in [0, 0.05) is 11.6 Å². The van der Waals surface area contributed by atoms with Crippen LogP contribution in [0.1, 0.15) is 11.1 Å². The summed E-state index contributed by atoms with van der Waals surface area (Å²) in [7, 11) is 1.56. The molecule has 0 saturated heterocycles. The van der Waals surface area contributed by atoms with E-state index < -0.39 is 0 Å². The quantitative estimate of drug-likeness (QED) is 0.812.